The van der Waals surface area contributed by atoms with Crippen molar-refractivity contribution in [2.45, 2.75) is 25.6 Å². The summed E-state index contributed by atoms with van der Waals surface area (Å²) in [7, 11) is 0. The summed E-state index contributed by atoms with van der Waals surface area (Å²) in [4.78, 5) is 22.3. The van der Waals surface area contributed by atoms with Crippen molar-refractivity contribution in [2.75, 3.05) is 6.61 Å². The maximum absolute atomic E-state index is 12.0. The van der Waals surface area contributed by atoms with E-state index >= 15 is 0 Å². The van der Waals surface area contributed by atoms with Crippen molar-refractivity contribution in [2.24, 2.45) is 0 Å². The Labute approximate surface area is 118 Å². The number of aliphatic hydroxyl groups excluding tert-OH is 1. The standard InChI is InChI=1S/C13H13F3O5/c14-13(15,16)21-10-4-5-11(9(7-10)8-18)20-12(19)3-1-2-6-17/h4-5,7-8,17H,1-3,6H2. The average Bonchev–Trinajstić information content (AvgIpc) is 2.39. The minimum atomic E-state index is -4.87. The van der Waals surface area contributed by atoms with Gasteiger partial charge in [-0.3, -0.25) is 9.59 Å². The molecular weight excluding hydrogens is 293 g/mol. The molecule has 0 fully saturated rings. The molecule has 0 atom stereocenters. The molecular formula is C13H13F3O5. The first-order valence-corrected chi connectivity index (χ1v) is 6.02. The van der Waals surface area contributed by atoms with Crippen LogP contribution < -0.4 is 9.47 Å². The van der Waals surface area contributed by atoms with Gasteiger partial charge in [-0.25, -0.2) is 0 Å². The van der Waals surface area contributed by atoms with Gasteiger partial charge in [-0.05, 0) is 31.0 Å². The quantitative estimate of drug-likeness (QED) is 0.362. The summed E-state index contributed by atoms with van der Waals surface area (Å²) in [6.45, 7) is -0.0592. The van der Waals surface area contributed by atoms with Gasteiger partial charge in [0.1, 0.15) is 11.5 Å². The maximum Gasteiger partial charge on any atom is 0.573 e. The van der Waals surface area contributed by atoms with E-state index in [-0.39, 0.29) is 30.6 Å². The van der Waals surface area contributed by atoms with Crippen LogP contribution in [0.2, 0.25) is 0 Å². The first kappa shape index (κ1) is 17.0. The molecule has 0 heterocycles. The summed E-state index contributed by atoms with van der Waals surface area (Å²) >= 11 is 0. The Morgan fingerprint density at radius 2 is 2.00 bits per heavy atom. The lowest BCUT2D eigenvalue weighted by Crippen LogP contribution is -2.17. The third-order valence-corrected chi connectivity index (χ3v) is 2.35. The zero-order chi connectivity index (χ0) is 15.9. The monoisotopic (exact) mass is 306 g/mol. The first-order chi connectivity index (χ1) is 9.85. The predicted molar refractivity (Wildman–Crippen MR) is 65.1 cm³/mol. The average molecular weight is 306 g/mol. The zero-order valence-corrected chi connectivity index (χ0v) is 10.9. The third-order valence-electron chi connectivity index (χ3n) is 2.35. The lowest BCUT2D eigenvalue weighted by atomic mass is 10.2. The van der Waals surface area contributed by atoms with Gasteiger partial charge in [0, 0.05) is 13.0 Å². The number of benzene rings is 1. The Morgan fingerprint density at radius 3 is 2.57 bits per heavy atom. The molecule has 5 nitrogen and oxygen atoms in total. The fourth-order valence-corrected chi connectivity index (χ4v) is 1.46. The molecule has 1 rings (SSSR count). The minimum Gasteiger partial charge on any atom is -0.426 e. The Kier molecular flexibility index (Phi) is 6.16. The van der Waals surface area contributed by atoms with Gasteiger partial charge in [0.2, 0.25) is 0 Å². The van der Waals surface area contributed by atoms with Gasteiger partial charge in [0.15, 0.2) is 6.29 Å². The van der Waals surface area contributed by atoms with E-state index in [0.29, 0.717) is 12.8 Å². The third kappa shape index (κ3) is 6.26. The fourth-order valence-electron chi connectivity index (χ4n) is 1.46. The van der Waals surface area contributed by atoms with Crippen molar-refractivity contribution in [3.05, 3.63) is 23.8 Å². The highest BCUT2D eigenvalue weighted by atomic mass is 19.4. The molecule has 0 radical (unpaired) electrons. The van der Waals surface area contributed by atoms with Crippen LogP contribution in [0.5, 0.6) is 11.5 Å². The van der Waals surface area contributed by atoms with Crippen LogP contribution in [0.15, 0.2) is 18.2 Å². The van der Waals surface area contributed by atoms with Crippen LogP contribution in [0.4, 0.5) is 13.2 Å². The normalized spacial score (nSPS) is 11.0. The number of aldehydes is 1. The predicted octanol–water partition coefficient (Wildman–Crippen LogP) is 2.47. The molecule has 21 heavy (non-hydrogen) atoms. The number of carbonyl (C=O) groups is 2. The van der Waals surface area contributed by atoms with Crippen LogP contribution >= 0.6 is 0 Å². The van der Waals surface area contributed by atoms with Crippen LogP contribution in [-0.4, -0.2) is 30.3 Å². The van der Waals surface area contributed by atoms with Crippen molar-refractivity contribution in [1.29, 1.82) is 0 Å². The second kappa shape index (κ2) is 7.63. The summed E-state index contributed by atoms with van der Waals surface area (Å²) in [6.07, 6.45) is -3.75. The van der Waals surface area contributed by atoms with Crippen LogP contribution in [0, 0.1) is 0 Å². The van der Waals surface area contributed by atoms with Crippen molar-refractivity contribution in [3.63, 3.8) is 0 Å². The lowest BCUT2D eigenvalue weighted by Gasteiger charge is -2.11. The van der Waals surface area contributed by atoms with Gasteiger partial charge in [-0.2, -0.15) is 0 Å². The number of esters is 1. The molecule has 0 aliphatic carbocycles. The molecule has 8 heteroatoms. The van der Waals surface area contributed by atoms with E-state index < -0.39 is 18.1 Å². The summed E-state index contributed by atoms with van der Waals surface area (Å²) in [5, 5.41) is 8.57. The number of carbonyl (C=O) groups excluding carboxylic acids is 2. The second-order valence-electron chi connectivity index (χ2n) is 4.02. The molecule has 0 saturated carbocycles. The molecule has 0 bridgehead atoms. The van der Waals surface area contributed by atoms with E-state index in [1.165, 1.54) is 0 Å². The highest BCUT2D eigenvalue weighted by Crippen LogP contribution is 2.27. The fraction of sp³-hybridized carbons (Fsp3) is 0.385. The van der Waals surface area contributed by atoms with E-state index in [0.717, 1.165) is 18.2 Å². The van der Waals surface area contributed by atoms with Gasteiger partial charge in [0.25, 0.3) is 0 Å². The molecule has 1 aromatic carbocycles. The van der Waals surface area contributed by atoms with Crippen molar-refractivity contribution >= 4 is 12.3 Å². The summed E-state index contributed by atoms with van der Waals surface area (Å²) in [5.74, 6) is -1.37. The molecule has 0 amide bonds. The largest absolute Gasteiger partial charge is 0.573 e. The van der Waals surface area contributed by atoms with E-state index in [1.807, 2.05) is 0 Å². The van der Waals surface area contributed by atoms with Crippen LogP contribution in [0.25, 0.3) is 0 Å². The summed E-state index contributed by atoms with van der Waals surface area (Å²) < 4.78 is 44.7. The Balaban J connectivity index is 2.75. The van der Waals surface area contributed by atoms with E-state index in [1.54, 1.807) is 0 Å². The number of halogens is 3. The first-order valence-electron chi connectivity index (χ1n) is 6.02. The lowest BCUT2D eigenvalue weighted by molar-refractivity contribution is -0.274. The van der Waals surface area contributed by atoms with Crippen molar-refractivity contribution < 1.29 is 37.3 Å². The van der Waals surface area contributed by atoms with Gasteiger partial charge in [-0.1, -0.05) is 0 Å². The van der Waals surface area contributed by atoms with E-state index in [4.69, 9.17) is 9.84 Å². The number of hydrogen-bond donors (Lipinski definition) is 1. The van der Waals surface area contributed by atoms with Gasteiger partial charge >= 0.3 is 12.3 Å². The molecule has 1 N–H and O–H groups in total. The van der Waals surface area contributed by atoms with E-state index in [9.17, 15) is 22.8 Å². The van der Waals surface area contributed by atoms with Crippen molar-refractivity contribution in [3.8, 4) is 11.5 Å². The van der Waals surface area contributed by atoms with Crippen LogP contribution in [0.3, 0.4) is 0 Å². The highest BCUT2D eigenvalue weighted by molar-refractivity contribution is 5.83. The molecule has 1 aromatic rings. The number of ether oxygens (including phenoxy) is 2. The number of unbranched alkanes of at least 4 members (excludes halogenated alkanes) is 1. The zero-order valence-electron chi connectivity index (χ0n) is 10.9. The molecule has 0 unspecified atom stereocenters. The Morgan fingerprint density at radius 1 is 1.29 bits per heavy atom. The topological polar surface area (TPSA) is 72.8 Å². The molecule has 0 aliphatic rings. The van der Waals surface area contributed by atoms with Crippen LogP contribution in [-0.2, 0) is 4.79 Å². The maximum atomic E-state index is 12.0. The van der Waals surface area contributed by atoms with Gasteiger partial charge in [0.05, 0.1) is 5.56 Å². The number of hydrogen-bond acceptors (Lipinski definition) is 5. The van der Waals surface area contributed by atoms with Crippen LogP contribution in [0.1, 0.15) is 29.6 Å². The SMILES string of the molecule is O=Cc1cc(OC(F)(F)F)ccc1OC(=O)CCCCO. The molecule has 0 spiro atoms. The minimum absolute atomic E-state index is 0.0274. The number of rotatable bonds is 7. The number of aliphatic hydroxyl groups is 1. The second-order valence-corrected chi connectivity index (χ2v) is 4.02. The highest BCUT2D eigenvalue weighted by Gasteiger charge is 2.31. The van der Waals surface area contributed by atoms with Gasteiger partial charge in [-0.15, -0.1) is 13.2 Å². The molecule has 116 valence electrons. The molecule has 0 aliphatic heterocycles. The molecule has 0 saturated heterocycles. The molecule has 0 aromatic heterocycles. The Bertz CT molecular complexity index is 499. The van der Waals surface area contributed by atoms with E-state index in [2.05, 4.69) is 4.74 Å². The Hall–Kier alpha value is -2.09. The smallest absolute Gasteiger partial charge is 0.426 e. The summed E-state index contributed by atoms with van der Waals surface area (Å²) in [6, 6.07) is 2.82. The number of alkyl halides is 3. The van der Waals surface area contributed by atoms with Gasteiger partial charge < -0.3 is 14.6 Å². The summed E-state index contributed by atoms with van der Waals surface area (Å²) in [5.41, 5.74) is -0.229. The van der Waals surface area contributed by atoms with Crippen molar-refractivity contribution in [1.82, 2.24) is 0 Å².